The van der Waals surface area contributed by atoms with Crippen LogP contribution in [0.1, 0.15) is 32.6 Å². The Labute approximate surface area is 130 Å². The molecule has 0 fully saturated rings. The van der Waals surface area contributed by atoms with Crippen LogP contribution in [0.3, 0.4) is 0 Å². The molecule has 2 rings (SSSR count). The first-order chi connectivity index (χ1) is 10.3. The molecule has 7 heteroatoms. The smallest absolute Gasteiger partial charge is 0.172 e. The van der Waals surface area contributed by atoms with Gasteiger partial charge in [-0.1, -0.05) is 0 Å². The van der Waals surface area contributed by atoms with Gasteiger partial charge in [0.15, 0.2) is 11.6 Å². The number of anilines is 2. The molecule has 0 radical (unpaired) electrons. The van der Waals surface area contributed by atoms with Crippen LogP contribution in [0.4, 0.5) is 11.6 Å². The SMILES string of the molecule is CCN(C)c1nc2cc(C(O)C(C)(C)O)ncc2nc1NC. The fraction of sp³-hybridized carbons (Fsp3) is 0.533. The van der Waals surface area contributed by atoms with Crippen molar-refractivity contribution in [1.82, 2.24) is 15.0 Å². The quantitative estimate of drug-likeness (QED) is 0.767. The second-order valence-corrected chi connectivity index (χ2v) is 5.81. The molecule has 0 aliphatic heterocycles. The van der Waals surface area contributed by atoms with E-state index in [1.54, 1.807) is 19.3 Å². The molecular formula is C15H23N5O2. The monoisotopic (exact) mass is 305 g/mol. The maximum Gasteiger partial charge on any atom is 0.172 e. The summed E-state index contributed by atoms with van der Waals surface area (Å²) in [5, 5.41) is 23.1. The third-order valence-electron chi connectivity index (χ3n) is 3.58. The number of fused-ring (bicyclic) bond motifs is 1. The molecule has 120 valence electrons. The van der Waals surface area contributed by atoms with Gasteiger partial charge in [0.1, 0.15) is 11.6 Å². The van der Waals surface area contributed by atoms with Crippen molar-refractivity contribution in [3.63, 3.8) is 0 Å². The molecule has 2 aromatic rings. The molecule has 0 bridgehead atoms. The summed E-state index contributed by atoms with van der Waals surface area (Å²) in [7, 11) is 3.73. The summed E-state index contributed by atoms with van der Waals surface area (Å²) < 4.78 is 0. The Morgan fingerprint density at radius 1 is 1.32 bits per heavy atom. The van der Waals surface area contributed by atoms with Gasteiger partial charge in [-0.25, -0.2) is 9.97 Å². The van der Waals surface area contributed by atoms with E-state index < -0.39 is 11.7 Å². The van der Waals surface area contributed by atoms with E-state index in [1.165, 1.54) is 13.8 Å². The van der Waals surface area contributed by atoms with Gasteiger partial charge in [-0.05, 0) is 26.8 Å². The number of nitrogens with one attached hydrogen (secondary N) is 1. The number of aromatic nitrogens is 3. The van der Waals surface area contributed by atoms with Crippen molar-refractivity contribution in [2.75, 3.05) is 30.9 Å². The molecule has 1 atom stereocenters. The molecule has 3 N–H and O–H groups in total. The van der Waals surface area contributed by atoms with Crippen LogP contribution in [-0.4, -0.2) is 51.4 Å². The zero-order chi connectivity index (χ0) is 16.5. The maximum absolute atomic E-state index is 10.2. The van der Waals surface area contributed by atoms with Crippen molar-refractivity contribution in [3.8, 4) is 0 Å². The van der Waals surface area contributed by atoms with Crippen LogP contribution in [0.25, 0.3) is 11.0 Å². The largest absolute Gasteiger partial charge is 0.387 e. The van der Waals surface area contributed by atoms with E-state index in [0.29, 0.717) is 22.5 Å². The summed E-state index contributed by atoms with van der Waals surface area (Å²) in [6.07, 6.45) is 0.471. The lowest BCUT2D eigenvalue weighted by atomic mass is 9.98. The zero-order valence-electron chi connectivity index (χ0n) is 13.6. The minimum absolute atomic E-state index is 0.372. The highest BCUT2D eigenvalue weighted by Crippen LogP contribution is 2.28. The Kier molecular flexibility index (Phi) is 4.48. The molecule has 0 amide bonds. The van der Waals surface area contributed by atoms with Gasteiger partial charge in [0.2, 0.25) is 0 Å². The van der Waals surface area contributed by atoms with E-state index in [9.17, 15) is 10.2 Å². The Balaban J connectivity index is 2.56. The van der Waals surface area contributed by atoms with Crippen LogP contribution >= 0.6 is 0 Å². The van der Waals surface area contributed by atoms with Crippen molar-refractivity contribution in [1.29, 1.82) is 0 Å². The third kappa shape index (κ3) is 3.10. The van der Waals surface area contributed by atoms with Crippen molar-refractivity contribution >= 4 is 22.7 Å². The lowest BCUT2D eigenvalue weighted by Crippen LogP contribution is -2.29. The Hall–Kier alpha value is -1.99. The maximum atomic E-state index is 10.2. The highest BCUT2D eigenvalue weighted by molar-refractivity contribution is 5.80. The van der Waals surface area contributed by atoms with Gasteiger partial charge >= 0.3 is 0 Å². The van der Waals surface area contributed by atoms with E-state index in [2.05, 4.69) is 20.3 Å². The highest BCUT2D eigenvalue weighted by Gasteiger charge is 2.27. The number of nitrogens with zero attached hydrogens (tertiary/aromatic N) is 4. The summed E-state index contributed by atoms with van der Waals surface area (Å²) >= 11 is 0. The van der Waals surface area contributed by atoms with E-state index in [0.717, 1.165) is 12.4 Å². The van der Waals surface area contributed by atoms with E-state index in [1.807, 2.05) is 18.9 Å². The standard InChI is InChI=1S/C15H23N5O2/c1-6-20(5)14-13(16-4)18-11-8-17-10(7-9(11)19-14)12(21)15(2,3)22/h7-8,12,21-22H,6H2,1-5H3,(H,16,18). The minimum Gasteiger partial charge on any atom is -0.387 e. The third-order valence-corrected chi connectivity index (χ3v) is 3.58. The Morgan fingerprint density at radius 3 is 2.55 bits per heavy atom. The first kappa shape index (κ1) is 16.4. The lowest BCUT2D eigenvalue weighted by molar-refractivity contribution is -0.0516. The number of aliphatic hydroxyl groups is 2. The lowest BCUT2D eigenvalue weighted by Gasteiger charge is -2.24. The average molecular weight is 305 g/mol. The molecule has 2 aromatic heterocycles. The molecule has 1 unspecified atom stereocenters. The van der Waals surface area contributed by atoms with Crippen LogP contribution in [-0.2, 0) is 0 Å². The van der Waals surface area contributed by atoms with Crippen molar-refractivity contribution in [2.45, 2.75) is 32.5 Å². The Bertz CT molecular complexity index is 669. The van der Waals surface area contributed by atoms with Gasteiger partial charge in [-0.15, -0.1) is 0 Å². The predicted octanol–water partition coefficient (Wildman–Crippen LogP) is 1.33. The van der Waals surface area contributed by atoms with Crippen LogP contribution in [0.15, 0.2) is 12.3 Å². The van der Waals surface area contributed by atoms with Crippen LogP contribution in [0, 0.1) is 0 Å². The van der Waals surface area contributed by atoms with Gasteiger partial charge in [0, 0.05) is 20.6 Å². The van der Waals surface area contributed by atoms with Gasteiger partial charge < -0.3 is 20.4 Å². The van der Waals surface area contributed by atoms with Crippen molar-refractivity contribution in [3.05, 3.63) is 18.0 Å². The fourth-order valence-corrected chi connectivity index (χ4v) is 2.06. The highest BCUT2D eigenvalue weighted by atomic mass is 16.3. The van der Waals surface area contributed by atoms with Crippen molar-refractivity contribution in [2.24, 2.45) is 0 Å². The summed E-state index contributed by atoms with van der Waals surface area (Å²) in [4.78, 5) is 15.3. The number of aliphatic hydroxyl groups excluding tert-OH is 1. The Morgan fingerprint density at radius 2 is 2.00 bits per heavy atom. The second kappa shape index (κ2) is 6.02. The molecule has 22 heavy (non-hydrogen) atoms. The molecule has 7 nitrogen and oxygen atoms in total. The van der Waals surface area contributed by atoms with Crippen LogP contribution in [0.5, 0.6) is 0 Å². The molecular weight excluding hydrogens is 282 g/mol. The number of rotatable bonds is 5. The topological polar surface area (TPSA) is 94.4 Å². The molecule has 2 heterocycles. The first-order valence-corrected chi connectivity index (χ1v) is 7.25. The number of hydrogen-bond acceptors (Lipinski definition) is 7. The molecule has 0 aromatic carbocycles. The van der Waals surface area contributed by atoms with Gasteiger partial charge in [0.25, 0.3) is 0 Å². The van der Waals surface area contributed by atoms with Gasteiger partial charge in [-0.3, -0.25) is 4.98 Å². The summed E-state index contributed by atoms with van der Waals surface area (Å²) in [5.41, 5.74) is 0.353. The molecule has 0 aliphatic rings. The molecule has 0 saturated heterocycles. The van der Waals surface area contributed by atoms with Gasteiger partial charge in [-0.2, -0.15) is 0 Å². The average Bonchev–Trinajstić information content (AvgIpc) is 2.50. The van der Waals surface area contributed by atoms with Crippen molar-refractivity contribution < 1.29 is 10.2 Å². The normalized spacial score (nSPS) is 13.2. The minimum atomic E-state index is -1.28. The van der Waals surface area contributed by atoms with E-state index in [-0.39, 0.29) is 0 Å². The number of pyridine rings is 1. The van der Waals surface area contributed by atoms with E-state index >= 15 is 0 Å². The van der Waals surface area contributed by atoms with Gasteiger partial charge in [0.05, 0.1) is 23.0 Å². The van der Waals surface area contributed by atoms with E-state index in [4.69, 9.17) is 0 Å². The summed E-state index contributed by atoms with van der Waals surface area (Å²) in [6.45, 7) is 5.89. The van der Waals surface area contributed by atoms with Crippen LogP contribution < -0.4 is 10.2 Å². The summed E-state index contributed by atoms with van der Waals surface area (Å²) in [6, 6.07) is 1.66. The predicted molar refractivity (Wildman–Crippen MR) is 87.1 cm³/mol. The summed E-state index contributed by atoms with van der Waals surface area (Å²) in [5.74, 6) is 1.40. The van der Waals surface area contributed by atoms with Crippen LogP contribution in [0.2, 0.25) is 0 Å². The molecule has 0 saturated carbocycles. The zero-order valence-corrected chi connectivity index (χ0v) is 13.6. The first-order valence-electron chi connectivity index (χ1n) is 7.25. The second-order valence-electron chi connectivity index (χ2n) is 5.81. The number of hydrogen-bond donors (Lipinski definition) is 3. The molecule has 0 spiro atoms. The molecule has 0 aliphatic carbocycles. The fourth-order valence-electron chi connectivity index (χ4n) is 2.06.